The van der Waals surface area contributed by atoms with E-state index in [-0.39, 0.29) is 11.1 Å². The van der Waals surface area contributed by atoms with E-state index in [1.807, 2.05) is 36.4 Å². The minimum absolute atomic E-state index is 0.218. The quantitative estimate of drug-likeness (QED) is 0.246. The number of rotatable bonds is 6. The maximum atomic E-state index is 12.9. The van der Waals surface area contributed by atoms with Crippen LogP contribution in [-0.4, -0.2) is 16.4 Å². The first-order chi connectivity index (χ1) is 16.5. The van der Waals surface area contributed by atoms with E-state index in [2.05, 4.69) is 40.2 Å². The average molecular weight is 553 g/mol. The number of carbonyl (C=O) groups is 2. The zero-order chi connectivity index (χ0) is 23.7. The van der Waals surface area contributed by atoms with Gasteiger partial charge in [0.15, 0.2) is 0 Å². The van der Waals surface area contributed by atoms with Gasteiger partial charge in [-0.25, -0.2) is 4.90 Å². The molecule has 1 fully saturated rings. The summed E-state index contributed by atoms with van der Waals surface area (Å²) < 4.78 is 6.89. The van der Waals surface area contributed by atoms with Crippen LogP contribution in [0.15, 0.2) is 89.4 Å². The summed E-state index contributed by atoms with van der Waals surface area (Å²) in [6, 6.07) is 26.9. The molecule has 4 aromatic carbocycles. The Bertz CT molecular complexity index is 1390. The Morgan fingerprint density at radius 3 is 2.50 bits per heavy atom. The van der Waals surface area contributed by atoms with Gasteiger partial charge >= 0.3 is 0 Å². The monoisotopic (exact) mass is 551 g/mol. The maximum absolute atomic E-state index is 12.9. The van der Waals surface area contributed by atoms with Gasteiger partial charge in [-0.3, -0.25) is 9.59 Å². The lowest BCUT2D eigenvalue weighted by Gasteiger charge is -2.14. The Morgan fingerprint density at radius 1 is 0.941 bits per heavy atom. The van der Waals surface area contributed by atoms with E-state index in [4.69, 9.17) is 16.3 Å². The van der Waals surface area contributed by atoms with E-state index >= 15 is 0 Å². The third kappa shape index (κ3) is 4.71. The summed E-state index contributed by atoms with van der Waals surface area (Å²) in [5.41, 5.74) is 2.59. The van der Waals surface area contributed by atoms with Crippen LogP contribution in [0, 0.1) is 0 Å². The van der Waals surface area contributed by atoms with Crippen molar-refractivity contribution in [2.75, 3.05) is 4.90 Å². The van der Waals surface area contributed by atoms with E-state index in [1.165, 1.54) is 15.7 Å². The number of fused-ring (bicyclic) bond motifs is 1. The van der Waals surface area contributed by atoms with Crippen molar-refractivity contribution < 1.29 is 14.3 Å². The van der Waals surface area contributed by atoms with Gasteiger partial charge in [-0.05, 0) is 80.6 Å². The fraction of sp³-hybridized carbons (Fsp3) is 0.111. The van der Waals surface area contributed by atoms with Gasteiger partial charge in [0, 0.05) is 5.02 Å². The van der Waals surface area contributed by atoms with Crippen molar-refractivity contribution in [2.24, 2.45) is 0 Å². The molecule has 7 heteroatoms. The Morgan fingerprint density at radius 2 is 1.71 bits per heavy atom. The second-order valence-corrected chi connectivity index (χ2v) is 10.4. The van der Waals surface area contributed by atoms with E-state index < -0.39 is 5.25 Å². The van der Waals surface area contributed by atoms with Gasteiger partial charge in [0.2, 0.25) is 5.91 Å². The number of anilines is 1. The summed E-state index contributed by atoms with van der Waals surface area (Å²) in [5.74, 6) is 0.505. The normalized spacial score (nSPS) is 15.8. The van der Waals surface area contributed by atoms with Crippen molar-refractivity contribution in [3.63, 3.8) is 0 Å². The highest BCUT2D eigenvalue weighted by Gasteiger charge is 2.40. The third-order valence-electron chi connectivity index (χ3n) is 5.69. The van der Waals surface area contributed by atoms with Crippen LogP contribution >= 0.6 is 39.3 Å². The van der Waals surface area contributed by atoms with Crippen LogP contribution in [0.4, 0.5) is 10.5 Å². The lowest BCUT2D eigenvalue weighted by Crippen LogP contribution is -2.32. The van der Waals surface area contributed by atoms with E-state index in [0.717, 1.165) is 33.1 Å². The number of benzene rings is 4. The largest absolute Gasteiger partial charge is 0.488 e. The standard InChI is InChI=1S/C27H19BrClNO3S/c28-23-14-17(15-25-26(31)30(27(32)34-25)21-11-9-20(29)10-12-21)8-13-24(23)33-16-19-6-3-5-18-4-1-2-7-22(18)19/h1-14,25H,15-16H2/t25-/m0/s1. The molecule has 170 valence electrons. The molecule has 0 saturated carbocycles. The maximum Gasteiger partial charge on any atom is 0.293 e. The molecule has 0 aliphatic carbocycles. The predicted molar refractivity (Wildman–Crippen MR) is 142 cm³/mol. The molecule has 5 rings (SSSR count). The minimum Gasteiger partial charge on any atom is -0.488 e. The molecule has 34 heavy (non-hydrogen) atoms. The molecule has 0 spiro atoms. The number of ether oxygens (including phenoxy) is 1. The van der Waals surface area contributed by atoms with Crippen LogP contribution in [0.5, 0.6) is 5.75 Å². The molecule has 1 heterocycles. The molecule has 1 atom stereocenters. The Hall–Kier alpha value is -2.80. The molecule has 4 nitrogen and oxygen atoms in total. The van der Waals surface area contributed by atoms with Crippen LogP contribution in [0.3, 0.4) is 0 Å². The lowest BCUT2D eigenvalue weighted by molar-refractivity contribution is -0.117. The molecule has 1 saturated heterocycles. The van der Waals surface area contributed by atoms with Crippen LogP contribution in [-0.2, 0) is 17.8 Å². The number of nitrogens with zero attached hydrogens (tertiary/aromatic N) is 1. The van der Waals surface area contributed by atoms with Crippen LogP contribution in [0.1, 0.15) is 11.1 Å². The molecule has 4 aromatic rings. The molecule has 2 amide bonds. The second kappa shape index (κ2) is 9.82. The fourth-order valence-corrected chi connectivity index (χ4v) is 5.68. The summed E-state index contributed by atoms with van der Waals surface area (Å²) in [6.07, 6.45) is 0.446. The topological polar surface area (TPSA) is 46.6 Å². The van der Waals surface area contributed by atoms with Gasteiger partial charge in [-0.1, -0.05) is 71.9 Å². The molecule has 0 aromatic heterocycles. The van der Waals surface area contributed by atoms with Gasteiger partial charge in [-0.15, -0.1) is 0 Å². The zero-order valence-electron chi connectivity index (χ0n) is 17.9. The van der Waals surface area contributed by atoms with Crippen molar-refractivity contribution in [3.05, 3.63) is 106 Å². The second-order valence-electron chi connectivity index (χ2n) is 7.92. The van der Waals surface area contributed by atoms with Crippen molar-refractivity contribution in [3.8, 4) is 5.75 Å². The van der Waals surface area contributed by atoms with Crippen molar-refractivity contribution in [1.82, 2.24) is 0 Å². The van der Waals surface area contributed by atoms with Crippen LogP contribution < -0.4 is 9.64 Å². The van der Waals surface area contributed by atoms with E-state index in [0.29, 0.717) is 23.7 Å². The number of amides is 2. The summed E-state index contributed by atoms with van der Waals surface area (Å²) in [7, 11) is 0. The number of thioether (sulfide) groups is 1. The number of hydrogen-bond donors (Lipinski definition) is 0. The van der Waals surface area contributed by atoms with Crippen molar-refractivity contribution >= 4 is 66.9 Å². The Kier molecular flexibility index (Phi) is 6.63. The lowest BCUT2D eigenvalue weighted by atomic mass is 10.1. The van der Waals surface area contributed by atoms with Gasteiger partial charge in [0.05, 0.1) is 15.4 Å². The number of carbonyl (C=O) groups excluding carboxylic acids is 2. The van der Waals surface area contributed by atoms with Crippen molar-refractivity contribution in [1.29, 1.82) is 0 Å². The molecule has 0 N–H and O–H groups in total. The SMILES string of the molecule is O=C1S[C@@H](Cc2ccc(OCc3cccc4ccccc34)c(Br)c2)C(=O)N1c1ccc(Cl)cc1. The molecular weight excluding hydrogens is 534 g/mol. The van der Waals surface area contributed by atoms with Gasteiger partial charge < -0.3 is 4.74 Å². The van der Waals surface area contributed by atoms with Gasteiger partial charge in [-0.2, -0.15) is 0 Å². The highest BCUT2D eigenvalue weighted by Crippen LogP contribution is 2.35. The molecule has 0 radical (unpaired) electrons. The van der Waals surface area contributed by atoms with E-state index in [1.54, 1.807) is 24.3 Å². The smallest absolute Gasteiger partial charge is 0.293 e. The molecule has 1 aliphatic heterocycles. The predicted octanol–water partition coefficient (Wildman–Crippen LogP) is 7.65. The average Bonchev–Trinajstić information content (AvgIpc) is 3.11. The third-order valence-corrected chi connectivity index (χ3v) is 7.60. The first-order valence-electron chi connectivity index (χ1n) is 10.7. The van der Waals surface area contributed by atoms with E-state index in [9.17, 15) is 9.59 Å². The molecule has 0 unspecified atom stereocenters. The number of hydrogen-bond acceptors (Lipinski definition) is 4. The fourth-order valence-electron chi connectivity index (χ4n) is 3.99. The summed E-state index contributed by atoms with van der Waals surface area (Å²) >= 11 is 10.6. The first kappa shape index (κ1) is 23.0. The molecule has 1 aliphatic rings. The zero-order valence-corrected chi connectivity index (χ0v) is 21.1. The number of halogens is 2. The van der Waals surface area contributed by atoms with Gasteiger partial charge in [0.1, 0.15) is 12.4 Å². The summed E-state index contributed by atoms with van der Waals surface area (Å²) in [4.78, 5) is 26.7. The Labute approximate surface area is 215 Å². The highest BCUT2D eigenvalue weighted by atomic mass is 79.9. The summed E-state index contributed by atoms with van der Waals surface area (Å²) in [5, 5.41) is 2.16. The molecule has 0 bridgehead atoms. The number of imide groups is 1. The highest BCUT2D eigenvalue weighted by molar-refractivity contribution is 9.10. The van der Waals surface area contributed by atoms with Crippen molar-refractivity contribution in [2.45, 2.75) is 18.3 Å². The Balaban J connectivity index is 1.27. The minimum atomic E-state index is -0.475. The van der Waals surface area contributed by atoms with Crippen LogP contribution in [0.2, 0.25) is 5.02 Å². The molecular formula is C27H19BrClNO3S. The summed E-state index contributed by atoms with van der Waals surface area (Å²) in [6.45, 7) is 0.445. The first-order valence-corrected chi connectivity index (χ1v) is 12.7. The van der Waals surface area contributed by atoms with Crippen LogP contribution in [0.25, 0.3) is 10.8 Å². The van der Waals surface area contributed by atoms with Gasteiger partial charge in [0.25, 0.3) is 5.24 Å².